The van der Waals surface area contributed by atoms with E-state index in [0.29, 0.717) is 25.2 Å². The zero-order chi connectivity index (χ0) is 16.2. The van der Waals surface area contributed by atoms with Gasteiger partial charge in [-0.3, -0.25) is 9.78 Å². The van der Waals surface area contributed by atoms with Crippen LogP contribution in [0.15, 0.2) is 42.7 Å². The first-order valence-electron chi connectivity index (χ1n) is 7.71. The van der Waals surface area contributed by atoms with Crippen LogP contribution < -0.4 is 14.4 Å². The lowest BCUT2D eigenvalue weighted by molar-refractivity contribution is -0.119. The van der Waals surface area contributed by atoms with Gasteiger partial charge in [0, 0.05) is 12.6 Å². The van der Waals surface area contributed by atoms with Crippen molar-refractivity contribution in [1.82, 2.24) is 4.98 Å². The fraction of sp³-hybridized carbons (Fsp3) is 0.333. The molecule has 0 N–H and O–H groups in total. The van der Waals surface area contributed by atoms with E-state index in [1.54, 1.807) is 19.5 Å². The van der Waals surface area contributed by atoms with Crippen LogP contribution in [-0.2, 0) is 11.2 Å². The molecular weight excluding hydrogens is 292 g/mol. The number of carbonyl (C=O) groups excluding carboxylic acids is 1. The fourth-order valence-electron chi connectivity index (χ4n) is 2.76. The smallest absolute Gasteiger partial charge is 0.227 e. The van der Waals surface area contributed by atoms with E-state index in [0.717, 1.165) is 17.0 Å². The van der Waals surface area contributed by atoms with Gasteiger partial charge in [-0.05, 0) is 37.1 Å². The molecule has 2 heterocycles. The van der Waals surface area contributed by atoms with Crippen molar-refractivity contribution < 1.29 is 14.3 Å². The van der Waals surface area contributed by atoms with Gasteiger partial charge in [-0.2, -0.15) is 0 Å². The summed E-state index contributed by atoms with van der Waals surface area (Å²) in [7, 11) is 1.61. The minimum atomic E-state index is 0.0286. The van der Waals surface area contributed by atoms with Crippen LogP contribution >= 0.6 is 0 Å². The maximum absolute atomic E-state index is 12.7. The molecule has 5 heteroatoms. The Kier molecular flexibility index (Phi) is 4.46. The Hall–Kier alpha value is -2.56. The molecule has 0 bridgehead atoms. The standard InChI is InChI=1S/C18H20N2O3/c1-13-12-23-17-6-4-3-5-16(17)20(13)18(21)8-7-14-9-15(22-2)11-19-10-14/h3-6,9-11,13H,7-8,12H2,1-2H3. The lowest BCUT2D eigenvalue weighted by atomic mass is 10.1. The second kappa shape index (κ2) is 6.69. The zero-order valence-corrected chi connectivity index (χ0v) is 13.4. The molecule has 0 fully saturated rings. The lowest BCUT2D eigenvalue weighted by Gasteiger charge is -2.35. The number of aryl methyl sites for hydroxylation is 1. The molecule has 1 aliphatic heterocycles. The molecule has 0 spiro atoms. The molecule has 1 aromatic heterocycles. The highest BCUT2D eigenvalue weighted by molar-refractivity contribution is 5.96. The summed E-state index contributed by atoms with van der Waals surface area (Å²) < 4.78 is 10.9. The Labute approximate surface area is 135 Å². The van der Waals surface area contributed by atoms with Crippen LogP contribution in [-0.4, -0.2) is 30.6 Å². The summed E-state index contributed by atoms with van der Waals surface area (Å²) in [6.45, 7) is 2.52. The Morgan fingerprint density at radius 2 is 2.22 bits per heavy atom. The molecule has 120 valence electrons. The number of hydrogen-bond donors (Lipinski definition) is 0. The molecule has 1 aromatic carbocycles. The molecule has 0 aliphatic carbocycles. The van der Waals surface area contributed by atoms with Gasteiger partial charge in [0.2, 0.25) is 5.91 Å². The van der Waals surface area contributed by atoms with E-state index < -0.39 is 0 Å². The van der Waals surface area contributed by atoms with Crippen molar-refractivity contribution in [3.05, 3.63) is 48.3 Å². The number of para-hydroxylation sites is 2. The van der Waals surface area contributed by atoms with Crippen molar-refractivity contribution in [1.29, 1.82) is 0 Å². The molecule has 0 saturated heterocycles. The minimum absolute atomic E-state index is 0.0286. The summed E-state index contributed by atoms with van der Waals surface area (Å²) in [5.41, 5.74) is 1.84. The topological polar surface area (TPSA) is 51.7 Å². The van der Waals surface area contributed by atoms with E-state index in [2.05, 4.69) is 4.98 Å². The van der Waals surface area contributed by atoms with E-state index in [1.807, 2.05) is 42.2 Å². The number of anilines is 1. The highest BCUT2D eigenvalue weighted by Gasteiger charge is 2.28. The quantitative estimate of drug-likeness (QED) is 0.871. The minimum Gasteiger partial charge on any atom is -0.495 e. The number of nitrogens with zero attached hydrogens (tertiary/aromatic N) is 2. The average Bonchev–Trinajstić information content (AvgIpc) is 2.59. The Balaban J connectivity index is 1.73. The number of methoxy groups -OCH3 is 1. The molecule has 0 radical (unpaired) electrons. The number of aromatic nitrogens is 1. The molecule has 23 heavy (non-hydrogen) atoms. The monoisotopic (exact) mass is 312 g/mol. The van der Waals surface area contributed by atoms with Crippen molar-refractivity contribution in [2.24, 2.45) is 0 Å². The summed E-state index contributed by atoms with van der Waals surface area (Å²) in [4.78, 5) is 18.7. The Morgan fingerprint density at radius 1 is 1.39 bits per heavy atom. The van der Waals surface area contributed by atoms with Gasteiger partial charge in [0.1, 0.15) is 18.1 Å². The second-order valence-corrected chi connectivity index (χ2v) is 5.62. The molecule has 1 aliphatic rings. The van der Waals surface area contributed by atoms with Gasteiger partial charge >= 0.3 is 0 Å². The SMILES string of the molecule is COc1cncc(CCC(=O)N2c3ccccc3OCC2C)c1. The number of benzene rings is 1. The van der Waals surface area contributed by atoms with Gasteiger partial charge in [-0.1, -0.05) is 12.1 Å². The van der Waals surface area contributed by atoms with E-state index in [9.17, 15) is 4.79 Å². The number of ether oxygens (including phenoxy) is 2. The summed E-state index contributed by atoms with van der Waals surface area (Å²) >= 11 is 0. The molecule has 0 saturated carbocycles. The first-order chi connectivity index (χ1) is 11.2. The number of rotatable bonds is 4. The third-order valence-electron chi connectivity index (χ3n) is 3.95. The molecule has 1 atom stereocenters. The molecule has 1 unspecified atom stereocenters. The molecular formula is C18H20N2O3. The number of pyridine rings is 1. The zero-order valence-electron chi connectivity index (χ0n) is 13.4. The average molecular weight is 312 g/mol. The van der Waals surface area contributed by atoms with Gasteiger partial charge in [-0.15, -0.1) is 0 Å². The molecule has 5 nitrogen and oxygen atoms in total. The van der Waals surface area contributed by atoms with Gasteiger partial charge < -0.3 is 14.4 Å². The number of amides is 1. The predicted octanol–water partition coefficient (Wildman–Crippen LogP) is 2.84. The van der Waals surface area contributed by atoms with Crippen molar-refractivity contribution in [3.8, 4) is 11.5 Å². The first-order valence-corrected chi connectivity index (χ1v) is 7.71. The van der Waals surface area contributed by atoms with Crippen LogP contribution in [0.25, 0.3) is 0 Å². The van der Waals surface area contributed by atoms with Crippen molar-refractivity contribution in [2.75, 3.05) is 18.6 Å². The van der Waals surface area contributed by atoms with Crippen LogP contribution in [0, 0.1) is 0 Å². The highest BCUT2D eigenvalue weighted by atomic mass is 16.5. The normalized spacial score (nSPS) is 16.4. The summed E-state index contributed by atoms with van der Waals surface area (Å²) in [6, 6.07) is 9.60. The van der Waals surface area contributed by atoms with Crippen LogP contribution in [0.1, 0.15) is 18.9 Å². The number of hydrogen-bond acceptors (Lipinski definition) is 4. The van der Waals surface area contributed by atoms with E-state index in [1.165, 1.54) is 0 Å². The van der Waals surface area contributed by atoms with Gasteiger partial charge in [0.25, 0.3) is 0 Å². The number of carbonyl (C=O) groups is 1. The van der Waals surface area contributed by atoms with E-state index in [4.69, 9.17) is 9.47 Å². The van der Waals surface area contributed by atoms with Gasteiger partial charge in [0.05, 0.1) is 25.0 Å². The maximum atomic E-state index is 12.7. The van der Waals surface area contributed by atoms with Crippen LogP contribution in [0.3, 0.4) is 0 Å². The summed E-state index contributed by atoms with van der Waals surface area (Å²) in [5.74, 6) is 1.57. The third kappa shape index (κ3) is 3.28. The predicted molar refractivity (Wildman–Crippen MR) is 88.0 cm³/mol. The molecule has 1 amide bonds. The van der Waals surface area contributed by atoms with Crippen LogP contribution in [0.4, 0.5) is 5.69 Å². The van der Waals surface area contributed by atoms with E-state index >= 15 is 0 Å². The second-order valence-electron chi connectivity index (χ2n) is 5.62. The molecule has 2 aromatic rings. The van der Waals surface area contributed by atoms with Crippen LogP contribution in [0.5, 0.6) is 11.5 Å². The maximum Gasteiger partial charge on any atom is 0.227 e. The first kappa shape index (κ1) is 15.3. The highest BCUT2D eigenvalue weighted by Crippen LogP contribution is 2.34. The van der Waals surface area contributed by atoms with Crippen molar-refractivity contribution in [3.63, 3.8) is 0 Å². The largest absolute Gasteiger partial charge is 0.495 e. The Morgan fingerprint density at radius 3 is 3.04 bits per heavy atom. The summed E-state index contributed by atoms with van der Waals surface area (Å²) in [6.07, 6.45) is 4.49. The van der Waals surface area contributed by atoms with E-state index in [-0.39, 0.29) is 11.9 Å². The van der Waals surface area contributed by atoms with Crippen molar-refractivity contribution >= 4 is 11.6 Å². The van der Waals surface area contributed by atoms with Gasteiger partial charge in [-0.25, -0.2) is 0 Å². The van der Waals surface area contributed by atoms with Crippen molar-refractivity contribution in [2.45, 2.75) is 25.8 Å². The summed E-state index contributed by atoms with van der Waals surface area (Å²) in [5, 5.41) is 0. The van der Waals surface area contributed by atoms with Crippen LogP contribution in [0.2, 0.25) is 0 Å². The number of fused-ring (bicyclic) bond motifs is 1. The lowest BCUT2D eigenvalue weighted by Crippen LogP contribution is -2.45. The fourth-order valence-corrected chi connectivity index (χ4v) is 2.76. The molecule has 3 rings (SSSR count). The third-order valence-corrected chi connectivity index (χ3v) is 3.95. The Bertz CT molecular complexity index is 702. The van der Waals surface area contributed by atoms with Gasteiger partial charge in [0.15, 0.2) is 0 Å².